The first-order valence-corrected chi connectivity index (χ1v) is 4.60. The second kappa shape index (κ2) is 8.92. The first-order chi connectivity index (χ1) is 1.41. The molecule has 0 saturated heterocycles. The van der Waals surface area contributed by atoms with E-state index in [1.807, 2.05) is 0 Å². The molecule has 0 unspecified atom stereocenters. The van der Waals surface area contributed by atoms with Gasteiger partial charge in [-0.15, -0.1) is 0 Å². The summed E-state index contributed by atoms with van der Waals surface area (Å²) in [5.74, 6) is 0. The number of rotatable bonds is 0. The Bertz CT molecular complexity index is 6.00. The monoisotopic (exact) mass is 189 g/mol. The van der Waals surface area contributed by atoms with Gasteiger partial charge in [0.1, 0.15) is 0 Å². The van der Waals surface area contributed by atoms with Gasteiger partial charge in [-0.3, -0.25) is 0 Å². The topological polar surface area (TPSA) is 51.7 Å². The van der Waals surface area contributed by atoms with Crippen LogP contribution in [0.3, 0.4) is 0 Å². The molecule has 0 aliphatic rings. The van der Waals surface area contributed by atoms with Crippen molar-refractivity contribution >= 4 is 0 Å². The van der Waals surface area contributed by atoms with Gasteiger partial charge >= 0.3 is 34.0 Å². The first kappa shape index (κ1) is 8.93. The standard InChI is InChI=1S/Fe.Mo.2H2O/h;;2*1H2/q;+1;;/p-1. The maximum absolute atomic E-state index is 7.59. The van der Waals surface area contributed by atoms with Crippen molar-refractivity contribution in [3.63, 3.8) is 0 Å². The molecule has 4 heteroatoms. The Hall–Kier alpha value is 1.13. The zero-order chi connectivity index (χ0) is 2.71. The summed E-state index contributed by atoms with van der Waals surface area (Å²) in [6.07, 6.45) is 0. The molecule has 0 aromatic heterocycles. The molecule has 0 heterocycles. The second-order valence-corrected chi connectivity index (χ2v) is 1.57. The molecule has 0 aliphatic heterocycles. The third kappa shape index (κ3) is 11.1. The van der Waals surface area contributed by atoms with Gasteiger partial charge in [0.25, 0.3) is 0 Å². The minimum absolute atomic E-state index is 0. The molecule has 4 heavy (non-hydrogen) atoms. The van der Waals surface area contributed by atoms with Crippen LogP contribution in [0.1, 0.15) is 0 Å². The van der Waals surface area contributed by atoms with Crippen LogP contribution >= 0.6 is 0 Å². The predicted octanol–water partition coefficient (Wildman–Crippen LogP) is -1.39. The van der Waals surface area contributed by atoms with Crippen LogP contribution in [0.5, 0.6) is 0 Å². The van der Waals surface area contributed by atoms with Crippen molar-refractivity contribution in [2.45, 2.75) is 0 Å². The van der Waals surface area contributed by atoms with E-state index >= 15 is 0 Å². The fourth-order valence-corrected chi connectivity index (χ4v) is 0. The van der Waals surface area contributed by atoms with E-state index in [1.54, 1.807) is 0 Å². The van der Waals surface area contributed by atoms with Crippen molar-refractivity contribution in [2.75, 3.05) is 0 Å². The zero-order valence-corrected chi connectivity index (χ0v) is 4.82. The summed E-state index contributed by atoms with van der Waals surface area (Å²) >= 11 is 2.39. The molecular weight excluding hydrogens is 184 g/mol. The summed E-state index contributed by atoms with van der Waals surface area (Å²) < 4.78 is 7.59. The Balaban J connectivity index is 0. The van der Waals surface area contributed by atoms with Gasteiger partial charge in [-0.25, -0.2) is 0 Å². The number of hydrogen-bond acceptors (Lipinski definition) is 1. The molecule has 0 fully saturated rings. The van der Waals surface area contributed by atoms with Crippen LogP contribution in [-0.4, -0.2) is 9.24 Å². The molecule has 0 saturated carbocycles. The van der Waals surface area contributed by atoms with E-state index in [0.717, 1.165) is 0 Å². The maximum atomic E-state index is 7.59. The fourth-order valence-electron chi connectivity index (χ4n) is 0. The van der Waals surface area contributed by atoms with Crippen LogP contribution < -0.4 is 0 Å². The van der Waals surface area contributed by atoms with Crippen molar-refractivity contribution in [3.8, 4) is 0 Å². The van der Waals surface area contributed by atoms with Crippen LogP contribution in [-0.2, 0) is 30.2 Å². The van der Waals surface area contributed by atoms with E-state index in [-0.39, 0.29) is 5.48 Å². The van der Waals surface area contributed by atoms with Crippen LogP contribution in [0.25, 0.3) is 0 Å². The average Bonchev–Trinajstić information content (AvgIpc) is 0.918. The van der Waals surface area contributed by atoms with Crippen molar-refractivity contribution in [2.24, 2.45) is 0 Å². The molecule has 0 bridgehead atoms. The Morgan fingerprint density at radius 1 is 1.75 bits per heavy atom. The summed E-state index contributed by atoms with van der Waals surface area (Å²) in [5, 5.41) is 0. The summed E-state index contributed by atoms with van der Waals surface area (Å²) in [4.78, 5) is 0. The molecule has 0 aliphatic carbocycles. The molecular formula is H3FeMoO2. The van der Waals surface area contributed by atoms with E-state index in [2.05, 4.69) is 13.4 Å². The Morgan fingerprint density at radius 2 is 1.75 bits per heavy atom. The molecule has 0 amide bonds. The molecule has 0 aromatic carbocycles. The Morgan fingerprint density at radius 3 is 1.75 bits per heavy atom. The fraction of sp³-hybridized carbons (Fsp3) is 0. The molecule has 3 N–H and O–H groups in total. The van der Waals surface area contributed by atoms with E-state index in [1.165, 1.54) is 0 Å². The van der Waals surface area contributed by atoms with E-state index in [4.69, 9.17) is 3.76 Å². The first-order valence-electron chi connectivity index (χ1n) is 0.327. The zero-order valence-electron chi connectivity index (χ0n) is 1.71. The summed E-state index contributed by atoms with van der Waals surface area (Å²) in [6.45, 7) is 0. The molecule has 0 radical (unpaired) electrons. The summed E-state index contributed by atoms with van der Waals surface area (Å²) in [6, 6.07) is 0. The molecule has 0 rings (SSSR count). The molecule has 0 spiro atoms. The second-order valence-electron chi connectivity index (χ2n) is 0.0645. The molecule has 2 nitrogen and oxygen atoms in total. The van der Waals surface area contributed by atoms with Crippen molar-refractivity contribution in [1.82, 2.24) is 0 Å². The Kier molecular flexibility index (Phi) is 19.9. The van der Waals surface area contributed by atoms with Gasteiger partial charge in [0.15, 0.2) is 0 Å². The third-order valence-electron chi connectivity index (χ3n) is 0. The normalized spacial score (nSPS) is 4.50. The van der Waals surface area contributed by atoms with E-state index in [9.17, 15) is 0 Å². The van der Waals surface area contributed by atoms with Gasteiger partial charge in [0.05, 0.1) is 0 Å². The van der Waals surface area contributed by atoms with Crippen molar-refractivity contribution in [1.29, 1.82) is 0 Å². The van der Waals surface area contributed by atoms with Gasteiger partial charge in [0.2, 0.25) is 0 Å². The Labute approximate surface area is 39.7 Å². The van der Waals surface area contributed by atoms with E-state index < -0.39 is 16.9 Å². The molecule has 0 aromatic rings. The van der Waals surface area contributed by atoms with Gasteiger partial charge in [-0.2, -0.15) is 0 Å². The van der Waals surface area contributed by atoms with Crippen molar-refractivity contribution in [3.05, 3.63) is 0 Å². The van der Waals surface area contributed by atoms with Gasteiger partial charge in [-0.1, -0.05) is 0 Å². The summed E-state index contributed by atoms with van der Waals surface area (Å²) in [5.41, 5.74) is 0. The van der Waals surface area contributed by atoms with Crippen LogP contribution in [0.15, 0.2) is 0 Å². The van der Waals surface area contributed by atoms with Crippen LogP contribution in [0, 0.1) is 0 Å². The van der Waals surface area contributed by atoms with Gasteiger partial charge in [0, 0.05) is 0 Å². The summed E-state index contributed by atoms with van der Waals surface area (Å²) in [7, 11) is 0. The van der Waals surface area contributed by atoms with Crippen LogP contribution in [0.2, 0.25) is 0 Å². The average molecular weight is 187 g/mol. The number of hydrogen-bond donors (Lipinski definition) is 1. The molecule has 29 valence electrons. The van der Waals surface area contributed by atoms with E-state index in [0.29, 0.717) is 0 Å². The predicted molar refractivity (Wildman–Crippen MR) is 5.83 cm³/mol. The minimum atomic E-state index is -0.780. The van der Waals surface area contributed by atoms with Gasteiger partial charge < -0.3 is 5.48 Å². The third-order valence-corrected chi connectivity index (χ3v) is 0. The van der Waals surface area contributed by atoms with Gasteiger partial charge in [-0.05, 0) is 0 Å². The molecule has 0 atom stereocenters. The SMILES string of the molecule is O.[OH][Mo][Fe]. The van der Waals surface area contributed by atoms with Crippen LogP contribution in [0.4, 0.5) is 0 Å². The van der Waals surface area contributed by atoms with Crippen molar-refractivity contribution < 1.29 is 39.5 Å². The quantitative estimate of drug-likeness (QED) is 0.466.